The minimum absolute atomic E-state index is 0.104. The van der Waals surface area contributed by atoms with E-state index in [-0.39, 0.29) is 11.9 Å². The lowest BCUT2D eigenvalue weighted by atomic mass is 9.84. The van der Waals surface area contributed by atoms with Crippen molar-refractivity contribution in [3.05, 3.63) is 28.5 Å². The van der Waals surface area contributed by atoms with Gasteiger partial charge >= 0.3 is 0 Å². The molecule has 1 saturated carbocycles. The predicted octanol–water partition coefficient (Wildman–Crippen LogP) is 2.09. The summed E-state index contributed by atoms with van der Waals surface area (Å²) in [5.74, 6) is 0.297. The van der Waals surface area contributed by atoms with Crippen LogP contribution in [0.4, 0.5) is 0 Å². The lowest BCUT2D eigenvalue weighted by Gasteiger charge is -2.31. The van der Waals surface area contributed by atoms with E-state index in [4.69, 9.17) is 5.73 Å². The Morgan fingerprint density at radius 1 is 1.44 bits per heavy atom. The van der Waals surface area contributed by atoms with Gasteiger partial charge in [0.2, 0.25) is 0 Å². The number of carbonyl (C=O) groups is 1. The molecule has 1 aliphatic rings. The fraction of sp³-hybridized carbons (Fsp3) is 0.538. The zero-order chi connectivity index (χ0) is 13.0. The summed E-state index contributed by atoms with van der Waals surface area (Å²) in [6.07, 6.45) is 6.13. The first-order valence-corrected chi connectivity index (χ1v) is 7.12. The molecule has 1 fully saturated rings. The lowest BCUT2D eigenvalue weighted by Crippen LogP contribution is -2.44. The van der Waals surface area contributed by atoms with Crippen molar-refractivity contribution in [2.45, 2.75) is 31.7 Å². The number of rotatable bonds is 3. The number of pyridine rings is 1. The standard InChI is InChI=1S/C13H18BrN3O/c14-10-5-6-12(16-8-10)13(18)17-11-4-2-1-3-9(11)7-15/h5-6,8-9,11H,1-4,7,15H2,(H,17,18). The topological polar surface area (TPSA) is 68.0 Å². The molecule has 0 saturated heterocycles. The summed E-state index contributed by atoms with van der Waals surface area (Å²) in [7, 11) is 0. The Morgan fingerprint density at radius 2 is 2.22 bits per heavy atom. The molecule has 0 bridgehead atoms. The molecular formula is C13H18BrN3O. The Kier molecular flexibility index (Phi) is 4.72. The minimum Gasteiger partial charge on any atom is -0.348 e. The van der Waals surface area contributed by atoms with E-state index in [2.05, 4.69) is 26.2 Å². The fourth-order valence-electron chi connectivity index (χ4n) is 2.43. The number of aromatic nitrogens is 1. The van der Waals surface area contributed by atoms with Gasteiger partial charge in [-0.1, -0.05) is 12.8 Å². The monoisotopic (exact) mass is 311 g/mol. The van der Waals surface area contributed by atoms with E-state index in [1.165, 1.54) is 6.42 Å². The first-order valence-electron chi connectivity index (χ1n) is 6.33. The average Bonchev–Trinajstić information content (AvgIpc) is 2.40. The van der Waals surface area contributed by atoms with Crippen LogP contribution in [0.25, 0.3) is 0 Å². The summed E-state index contributed by atoms with van der Waals surface area (Å²) in [4.78, 5) is 16.2. The quantitative estimate of drug-likeness (QED) is 0.898. The van der Waals surface area contributed by atoms with E-state index in [0.29, 0.717) is 18.2 Å². The van der Waals surface area contributed by atoms with Crippen molar-refractivity contribution in [3.63, 3.8) is 0 Å². The number of nitrogens with zero attached hydrogens (tertiary/aromatic N) is 1. The van der Waals surface area contributed by atoms with Gasteiger partial charge in [-0.15, -0.1) is 0 Å². The lowest BCUT2D eigenvalue weighted by molar-refractivity contribution is 0.0903. The molecule has 2 unspecified atom stereocenters. The van der Waals surface area contributed by atoms with Crippen molar-refractivity contribution in [3.8, 4) is 0 Å². The second kappa shape index (κ2) is 6.29. The third-order valence-corrected chi connectivity index (χ3v) is 3.96. The molecule has 2 rings (SSSR count). The number of hydrogen-bond donors (Lipinski definition) is 2. The molecule has 1 aromatic heterocycles. The highest BCUT2D eigenvalue weighted by molar-refractivity contribution is 9.10. The van der Waals surface area contributed by atoms with Crippen LogP contribution in [0, 0.1) is 5.92 Å². The van der Waals surface area contributed by atoms with Crippen molar-refractivity contribution >= 4 is 21.8 Å². The molecule has 1 amide bonds. The van der Waals surface area contributed by atoms with Gasteiger partial charge in [0.25, 0.3) is 5.91 Å². The number of nitrogens with one attached hydrogen (secondary N) is 1. The van der Waals surface area contributed by atoms with Crippen LogP contribution in [0.3, 0.4) is 0 Å². The Bertz CT molecular complexity index is 407. The second-order valence-electron chi connectivity index (χ2n) is 4.72. The molecule has 1 aliphatic carbocycles. The Morgan fingerprint density at radius 3 is 2.89 bits per heavy atom. The maximum absolute atomic E-state index is 12.1. The van der Waals surface area contributed by atoms with Gasteiger partial charge in [0.15, 0.2) is 0 Å². The van der Waals surface area contributed by atoms with E-state index >= 15 is 0 Å². The van der Waals surface area contributed by atoms with Gasteiger partial charge in [-0.05, 0) is 53.4 Å². The molecule has 0 radical (unpaired) electrons. The highest BCUT2D eigenvalue weighted by atomic mass is 79.9. The van der Waals surface area contributed by atoms with Gasteiger partial charge < -0.3 is 11.1 Å². The largest absolute Gasteiger partial charge is 0.348 e. The first-order chi connectivity index (χ1) is 8.70. The molecule has 4 nitrogen and oxygen atoms in total. The van der Waals surface area contributed by atoms with Gasteiger partial charge in [0.1, 0.15) is 5.69 Å². The summed E-state index contributed by atoms with van der Waals surface area (Å²) in [6, 6.07) is 3.74. The van der Waals surface area contributed by atoms with Crippen LogP contribution < -0.4 is 11.1 Å². The van der Waals surface area contributed by atoms with Crippen LogP contribution in [-0.4, -0.2) is 23.5 Å². The van der Waals surface area contributed by atoms with E-state index in [1.54, 1.807) is 12.3 Å². The van der Waals surface area contributed by atoms with Gasteiger partial charge in [-0.25, -0.2) is 4.98 Å². The third-order valence-electron chi connectivity index (χ3n) is 3.49. The first kappa shape index (κ1) is 13.5. The number of carbonyl (C=O) groups excluding carboxylic acids is 1. The van der Waals surface area contributed by atoms with Crippen molar-refractivity contribution in [2.75, 3.05) is 6.54 Å². The zero-order valence-corrected chi connectivity index (χ0v) is 11.8. The van der Waals surface area contributed by atoms with Gasteiger partial charge in [-0.3, -0.25) is 4.79 Å². The summed E-state index contributed by atoms with van der Waals surface area (Å²) in [5.41, 5.74) is 6.21. The van der Waals surface area contributed by atoms with E-state index in [0.717, 1.165) is 23.7 Å². The number of hydrogen-bond acceptors (Lipinski definition) is 3. The van der Waals surface area contributed by atoms with Crippen molar-refractivity contribution in [2.24, 2.45) is 11.7 Å². The summed E-state index contributed by atoms with van der Waals surface area (Å²) >= 11 is 3.30. The average molecular weight is 312 g/mol. The number of nitrogens with two attached hydrogens (primary N) is 1. The highest BCUT2D eigenvalue weighted by Gasteiger charge is 2.25. The molecule has 0 spiro atoms. The third kappa shape index (κ3) is 3.29. The number of amides is 1. The molecule has 3 N–H and O–H groups in total. The molecule has 1 aromatic rings. The Hall–Kier alpha value is -0.940. The van der Waals surface area contributed by atoms with E-state index in [9.17, 15) is 4.79 Å². The van der Waals surface area contributed by atoms with Crippen molar-refractivity contribution in [1.29, 1.82) is 0 Å². The molecule has 5 heteroatoms. The van der Waals surface area contributed by atoms with Crippen LogP contribution >= 0.6 is 15.9 Å². The van der Waals surface area contributed by atoms with Crippen molar-refractivity contribution in [1.82, 2.24) is 10.3 Å². The molecule has 0 aromatic carbocycles. The molecule has 18 heavy (non-hydrogen) atoms. The number of halogens is 1. The maximum Gasteiger partial charge on any atom is 0.270 e. The fourth-order valence-corrected chi connectivity index (χ4v) is 2.67. The van der Waals surface area contributed by atoms with Crippen molar-refractivity contribution < 1.29 is 4.79 Å². The van der Waals surface area contributed by atoms with Crippen LogP contribution in [0.15, 0.2) is 22.8 Å². The summed E-state index contributed by atoms with van der Waals surface area (Å²) in [6.45, 7) is 0.638. The van der Waals surface area contributed by atoms with Gasteiger partial charge in [0.05, 0.1) is 0 Å². The maximum atomic E-state index is 12.1. The van der Waals surface area contributed by atoms with Gasteiger partial charge in [-0.2, -0.15) is 0 Å². The SMILES string of the molecule is NCC1CCCCC1NC(=O)c1ccc(Br)cn1. The molecular weight excluding hydrogens is 294 g/mol. The summed E-state index contributed by atoms with van der Waals surface area (Å²) < 4.78 is 0.872. The molecule has 98 valence electrons. The van der Waals surface area contributed by atoms with Crippen LogP contribution in [0.5, 0.6) is 0 Å². The van der Waals surface area contributed by atoms with E-state index < -0.39 is 0 Å². The Labute approximate surface area is 115 Å². The Balaban J connectivity index is 1.99. The molecule has 2 atom stereocenters. The second-order valence-corrected chi connectivity index (χ2v) is 5.64. The molecule has 0 aliphatic heterocycles. The van der Waals surface area contributed by atoms with E-state index in [1.807, 2.05) is 6.07 Å². The van der Waals surface area contributed by atoms with Crippen LogP contribution in [0.1, 0.15) is 36.2 Å². The van der Waals surface area contributed by atoms with Gasteiger partial charge in [0, 0.05) is 16.7 Å². The summed E-state index contributed by atoms with van der Waals surface area (Å²) in [5, 5.41) is 3.06. The normalized spacial score (nSPS) is 23.7. The minimum atomic E-state index is -0.104. The van der Waals surface area contributed by atoms with Crippen LogP contribution in [0.2, 0.25) is 0 Å². The smallest absolute Gasteiger partial charge is 0.270 e. The zero-order valence-electron chi connectivity index (χ0n) is 10.2. The molecule has 1 heterocycles. The predicted molar refractivity (Wildman–Crippen MR) is 74.2 cm³/mol. The highest BCUT2D eigenvalue weighted by Crippen LogP contribution is 2.23. The van der Waals surface area contributed by atoms with Crippen LogP contribution in [-0.2, 0) is 0 Å².